The molecular weight excluding hydrogens is 362 g/mol. The van der Waals surface area contributed by atoms with Crippen LogP contribution in [0, 0.1) is 0 Å². The van der Waals surface area contributed by atoms with Gasteiger partial charge >= 0.3 is 10.2 Å². The molecule has 0 heterocycles. The predicted octanol–water partition coefficient (Wildman–Crippen LogP) is 2.49. The third kappa shape index (κ3) is 4.31. The van der Waals surface area contributed by atoms with Crippen molar-refractivity contribution in [1.82, 2.24) is 9.62 Å². The number of hydrogen-bond acceptors (Lipinski definition) is 3. The number of benzene rings is 2. The second-order valence-corrected chi connectivity index (χ2v) is 8.91. The number of anilines is 1. The minimum atomic E-state index is -3.78. The first kappa shape index (κ1) is 19.4. The number of carbonyl (C=O) groups is 1. The first-order valence-electron chi connectivity index (χ1n) is 9.02. The summed E-state index contributed by atoms with van der Waals surface area (Å²) in [5.74, 6) is -0.314. The summed E-state index contributed by atoms with van der Waals surface area (Å²) in [5.41, 5.74) is 2.83. The van der Waals surface area contributed by atoms with Crippen molar-refractivity contribution in [3.8, 4) is 0 Å². The Morgan fingerprint density at radius 2 is 1.74 bits per heavy atom. The molecule has 7 heteroatoms. The Labute approximate surface area is 161 Å². The van der Waals surface area contributed by atoms with E-state index >= 15 is 0 Å². The Morgan fingerprint density at radius 3 is 2.44 bits per heavy atom. The van der Waals surface area contributed by atoms with Crippen LogP contribution in [0.4, 0.5) is 5.69 Å². The summed E-state index contributed by atoms with van der Waals surface area (Å²) in [4.78, 5) is 12.7. The van der Waals surface area contributed by atoms with E-state index in [0.29, 0.717) is 5.69 Å². The van der Waals surface area contributed by atoms with E-state index in [1.165, 1.54) is 19.7 Å². The van der Waals surface area contributed by atoms with E-state index in [4.69, 9.17) is 0 Å². The highest BCUT2D eigenvalue weighted by atomic mass is 32.2. The molecule has 6 nitrogen and oxygen atoms in total. The first-order chi connectivity index (χ1) is 12.9. The summed E-state index contributed by atoms with van der Waals surface area (Å²) in [6, 6.07) is 16.7. The van der Waals surface area contributed by atoms with Gasteiger partial charge in [0.25, 0.3) is 0 Å². The van der Waals surface area contributed by atoms with Crippen molar-refractivity contribution in [3.05, 3.63) is 65.7 Å². The maximum Gasteiger partial charge on any atom is 0.304 e. The van der Waals surface area contributed by atoms with Crippen LogP contribution in [-0.4, -0.2) is 39.3 Å². The smallest absolute Gasteiger partial charge is 0.304 e. The van der Waals surface area contributed by atoms with Crippen LogP contribution < -0.4 is 9.62 Å². The van der Waals surface area contributed by atoms with E-state index in [-0.39, 0.29) is 18.5 Å². The molecule has 0 aromatic heterocycles. The topological polar surface area (TPSA) is 69.7 Å². The van der Waals surface area contributed by atoms with Crippen molar-refractivity contribution in [2.75, 3.05) is 24.9 Å². The lowest BCUT2D eigenvalue weighted by Gasteiger charge is -2.29. The van der Waals surface area contributed by atoms with Crippen molar-refractivity contribution in [2.45, 2.75) is 25.3 Å². The molecule has 27 heavy (non-hydrogen) atoms. The molecule has 0 bridgehead atoms. The number of nitrogens with one attached hydrogen (secondary N) is 1. The standard InChI is InChI=1S/C20H25N3O3S/c1-22(2)27(25,26)23(17-11-4-3-5-12-17)15-20(24)21-19-14-8-10-16-9-6-7-13-18(16)19/h3-7,9,11-13,19H,8,10,14-15H2,1-2H3,(H,21,24)/t19-/m1/s1. The molecule has 0 fully saturated rings. The Hall–Kier alpha value is -2.38. The van der Waals surface area contributed by atoms with Crippen molar-refractivity contribution in [2.24, 2.45) is 0 Å². The van der Waals surface area contributed by atoms with E-state index < -0.39 is 10.2 Å². The van der Waals surface area contributed by atoms with Gasteiger partial charge in [-0.2, -0.15) is 12.7 Å². The van der Waals surface area contributed by atoms with Gasteiger partial charge in [0, 0.05) is 14.1 Å². The molecule has 1 N–H and O–H groups in total. The number of para-hydroxylation sites is 1. The maximum absolute atomic E-state index is 12.7. The van der Waals surface area contributed by atoms with Crippen LogP contribution in [0.25, 0.3) is 0 Å². The molecule has 3 rings (SSSR count). The van der Waals surface area contributed by atoms with Gasteiger partial charge < -0.3 is 5.32 Å². The van der Waals surface area contributed by atoms with E-state index in [9.17, 15) is 13.2 Å². The normalized spacial score (nSPS) is 16.6. The fourth-order valence-electron chi connectivity index (χ4n) is 3.37. The Kier molecular flexibility index (Phi) is 5.82. The highest BCUT2D eigenvalue weighted by molar-refractivity contribution is 7.90. The summed E-state index contributed by atoms with van der Waals surface area (Å²) < 4.78 is 27.7. The van der Waals surface area contributed by atoms with Crippen LogP contribution in [0.3, 0.4) is 0 Å². The SMILES string of the molecule is CN(C)S(=O)(=O)N(CC(=O)N[C@@H]1CCCc2ccccc21)c1ccccc1. The Bertz CT molecular complexity index is 898. The Balaban J connectivity index is 1.80. The molecule has 144 valence electrons. The quantitative estimate of drug-likeness (QED) is 0.828. The summed E-state index contributed by atoms with van der Waals surface area (Å²) in [6.45, 7) is -0.261. The number of rotatable bonds is 6. The monoisotopic (exact) mass is 387 g/mol. The minimum absolute atomic E-state index is 0.0814. The molecule has 2 aromatic rings. The predicted molar refractivity (Wildman–Crippen MR) is 107 cm³/mol. The third-order valence-electron chi connectivity index (χ3n) is 4.78. The van der Waals surface area contributed by atoms with Crippen LogP contribution >= 0.6 is 0 Å². The number of carbonyl (C=O) groups excluding carboxylic acids is 1. The fraction of sp³-hybridized carbons (Fsp3) is 0.350. The van der Waals surface area contributed by atoms with Crippen molar-refractivity contribution < 1.29 is 13.2 Å². The second-order valence-electron chi connectivity index (χ2n) is 6.84. The molecule has 0 spiro atoms. The zero-order chi connectivity index (χ0) is 19.4. The third-order valence-corrected chi connectivity index (χ3v) is 6.60. The largest absolute Gasteiger partial charge is 0.348 e. The zero-order valence-electron chi connectivity index (χ0n) is 15.6. The van der Waals surface area contributed by atoms with Crippen molar-refractivity contribution in [1.29, 1.82) is 0 Å². The fourth-order valence-corrected chi connectivity index (χ4v) is 4.43. The van der Waals surface area contributed by atoms with Gasteiger partial charge in [-0.15, -0.1) is 0 Å². The van der Waals surface area contributed by atoms with E-state index in [1.807, 2.05) is 24.3 Å². The van der Waals surface area contributed by atoms with Crippen LogP contribution in [-0.2, 0) is 21.4 Å². The summed E-state index contributed by atoms with van der Waals surface area (Å²) >= 11 is 0. The molecule has 1 amide bonds. The number of hydrogen-bond donors (Lipinski definition) is 1. The summed E-state index contributed by atoms with van der Waals surface area (Å²) in [7, 11) is -0.865. The van der Waals surface area contributed by atoms with E-state index in [1.54, 1.807) is 24.3 Å². The van der Waals surface area contributed by atoms with E-state index in [2.05, 4.69) is 11.4 Å². The lowest BCUT2D eigenvalue weighted by atomic mass is 9.88. The molecule has 1 aliphatic carbocycles. The van der Waals surface area contributed by atoms with Gasteiger partial charge in [-0.3, -0.25) is 4.79 Å². The molecule has 0 saturated carbocycles. The van der Waals surface area contributed by atoms with Gasteiger partial charge in [-0.25, -0.2) is 4.31 Å². The van der Waals surface area contributed by atoms with Gasteiger partial charge in [0.15, 0.2) is 0 Å². The van der Waals surface area contributed by atoms with Gasteiger partial charge in [0.05, 0.1) is 11.7 Å². The van der Waals surface area contributed by atoms with Gasteiger partial charge in [0.1, 0.15) is 6.54 Å². The summed E-state index contributed by atoms with van der Waals surface area (Å²) in [5, 5.41) is 3.02. The molecule has 0 aliphatic heterocycles. The number of aryl methyl sites for hydroxylation is 1. The van der Waals surface area contributed by atoms with Crippen LogP contribution in [0.1, 0.15) is 30.0 Å². The number of fused-ring (bicyclic) bond motifs is 1. The van der Waals surface area contributed by atoms with Crippen LogP contribution in [0.15, 0.2) is 54.6 Å². The van der Waals surface area contributed by atoms with Crippen molar-refractivity contribution >= 4 is 21.8 Å². The molecule has 0 unspecified atom stereocenters. The lowest BCUT2D eigenvalue weighted by molar-refractivity contribution is -0.120. The first-order valence-corrected chi connectivity index (χ1v) is 10.4. The highest BCUT2D eigenvalue weighted by Crippen LogP contribution is 2.29. The van der Waals surface area contributed by atoms with Gasteiger partial charge in [-0.05, 0) is 42.5 Å². The molecule has 0 radical (unpaired) electrons. The average Bonchev–Trinajstić information content (AvgIpc) is 2.67. The van der Waals surface area contributed by atoms with Crippen molar-refractivity contribution in [3.63, 3.8) is 0 Å². The second kappa shape index (κ2) is 8.10. The molecule has 1 aliphatic rings. The minimum Gasteiger partial charge on any atom is -0.348 e. The van der Waals surface area contributed by atoms with E-state index in [0.717, 1.165) is 33.4 Å². The van der Waals surface area contributed by atoms with Crippen LogP contribution in [0.5, 0.6) is 0 Å². The average molecular weight is 388 g/mol. The molecule has 0 saturated heterocycles. The Morgan fingerprint density at radius 1 is 1.07 bits per heavy atom. The molecule has 1 atom stereocenters. The number of amides is 1. The van der Waals surface area contributed by atoms with Crippen LogP contribution in [0.2, 0.25) is 0 Å². The maximum atomic E-state index is 12.7. The summed E-state index contributed by atoms with van der Waals surface area (Å²) in [6.07, 6.45) is 2.86. The van der Waals surface area contributed by atoms with Gasteiger partial charge in [0.2, 0.25) is 5.91 Å². The van der Waals surface area contributed by atoms with Gasteiger partial charge in [-0.1, -0.05) is 42.5 Å². The number of nitrogens with zero attached hydrogens (tertiary/aromatic N) is 2. The highest BCUT2D eigenvalue weighted by Gasteiger charge is 2.29. The lowest BCUT2D eigenvalue weighted by Crippen LogP contribution is -2.46. The molecular formula is C20H25N3O3S. The zero-order valence-corrected chi connectivity index (χ0v) is 16.4. The molecule has 2 aromatic carbocycles.